The molecule has 0 fully saturated rings. The Morgan fingerprint density at radius 3 is 2.33 bits per heavy atom. The molecule has 5 rings (SSSR count). The van der Waals surface area contributed by atoms with Gasteiger partial charge in [0.05, 0.1) is 0 Å². The van der Waals surface area contributed by atoms with Crippen LogP contribution < -0.4 is 0 Å². The van der Waals surface area contributed by atoms with E-state index in [0.29, 0.717) is 5.92 Å². The number of aromatic amines is 1. The Labute approximate surface area is 159 Å². The number of nitrogens with one attached hydrogen (secondary N) is 1. The molecule has 1 heterocycles. The number of fused-ring (bicyclic) bond motifs is 4. The number of H-pyrrole nitrogens is 1. The van der Waals surface area contributed by atoms with Crippen LogP contribution in [0.5, 0.6) is 0 Å². The van der Waals surface area contributed by atoms with E-state index in [1.807, 2.05) is 0 Å². The molecule has 1 aromatic heterocycles. The summed E-state index contributed by atoms with van der Waals surface area (Å²) in [6, 6.07) is 30.9. The van der Waals surface area contributed by atoms with Gasteiger partial charge >= 0.3 is 0 Å². The van der Waals surface area contributed by atoms with Crippen LogP contribution in [0.2, 0.25) is 0 Å². The number of hydrogen-bond acceptors (Lipinski definition) is 0. The molecule has 0 aliphatic heterocycles. The first kappa shape index (κ1) is 16.1. The van der Waals surface area contributed by atoms with Gasteiger partial charge in [0, 0.05) is 21.8 Å². The van der Waals surface area contributed by atoms with Crippen molar-refractivity contribution in [2.75, 3.05) is 0 Å². The fraction of sp³-hybridized carbons (Fsp3) is 0.154. The predicted octanol–water partition coefficient (Wildman–Crippen LogP) is 7.21. The monoisotopic (exact) mass is 349 g/mol. The summed E-state index contributed by atoms with van der Waals surface area (Å²) in [6.45, 7) is 2.30. The summed E-state index contributed by atoms with van der Waals surface area (Å²) in [7, 11) is 0. The van der Waals surface area contributed by atoms with Crippen LogP contribution in [0.3, 0.4) is 0 Å². The van der Waals surface area contributed by atoms with Crippen molar-refractivity contribution in [3.8, 4) is 0 Å². The summed E-state index contributed by atoms with van der Waals surface area (Å²) in [6.07, 6.45) is 2.20. The first-order valence-corrected chi connectivity index (χ1v) is 9.80. The van der Waals surface area contributed by atoms with Crippen LogP contribution in [0.1, 0.15) is 30.4 Å². The molecule has 0 radical (unpaired) electrons. The van der Waals surface area contributed by atoms with Gasteiger partial charge in [-0.05, 0) is 52.8 Å². The van der Waals surface area contributed by atoms with Crippen molar-refractivity contribution in [3.63, 3.8) is 0 Å². The van der Waals surface area contributed by atoms with Crippen LogP contribution in [0.4, 0.5) is 0 Å². The normalized spacial score (nSPS) is 12.8. The zero-order chi connectivity index (χ0) is 18.2. The second kappa shape index (κ2) is 6.59. The molecule has 0 aliphatic rings. The van der Waals surface area contributed by atoms with Gasteiger partial charge in [0.1, 0.15) is 0 Å². The van der Waals surface area contributed by atoms with E-state index in [4.69, 9.17) is 0 Å². The summed E-state index contributed by atoms with van der Waals surface area (Å²) in [5.41, 5.74) is 5.31. The quantitative estimate of drug-likeness (QED) is 0.353. The van der Waals surface area contributed by atoms with Gasteiger partial charge in [-0.2, -0.15) is 0 Å². The molecule has 0 amide bonds. The van der Waals surface area contributed by atoms with Crippen LogP contribution >= 0.6 is 0 Å². The number of hydrogen-bond donors (Lipinski definition) is 1. The van der Waals surface area contributed by atoms with Gasteiger partial charge < -0.3 is 4.98 Å². The SMILES string of the molecule is CCC(Cc1ccc2c(c1)[nH]c1ccccc12)c1cccc2ccccc12. The second-order valence-electron chi connectivity index (χ2n) is 7.43. The van der Waals surface area contributed by atoms with Gasteiger partial charge in [-0.15, -0.1) is 0 Å². The van der Waals surface area contributed by atoms with Gasteiger partial charge in [-0.25, -0.2) is 0 Å². The lowest BCUT2D eigenvalue weighted by Crippen LogP contribution is -2.02. The van der Waals surface area contributed by atoms with Gasteiger partial charge in [0.25, 0.3) is 0 Å². The molecule has 4 aromatic carbocycles. The van der Waals surface area contributed by atoms with Gasteiger partial charge in [0.15, 0.2) is 0 Å². The highest BCUT2D eigenvalue weighted by molar-refractivity contribution is 6.07. The lowest BCUT2D eigenvalue weighted by Gasteiger charge is -2.18. The molecule has 0 saturated heterocycles. The van der Waals surface area contributed by atoms with E-state index in [9.17, 15) is 0 Å². The highest BCUT2D eigenvalue weighted by atomic mass is 14.7. The Kier molecular flexibility index (Phi) is 3.94. The van der Waals surface area contributed by atoms with Crippen molar-refractivity contribution in [2.24, 2.45) is 0 Å². The predicted molar refractivity (Wildman–Crippen MR) is 116 cm³/mol. The van der Waals surface area contributed by atoms with Crippen LogP contribution in [0.25, 0.3) is 32.6 Å². The summed E-state index contributed by atoms with van der Waals surface area (Å²) in [4.78, 5) is 3.58. The summed E-state index contributed by atoms with van der Waals surface area (Å²) in [5.74, 6) is 0.526. The molecule has 5 aromatic rings. The van der Waals surface area contributed by atoms with Crippen molar-refractivity contribution >= 4 is 32.6 Å². The minimum absolute atomic E-state index is 0.526. The molecule has 1 heteroatoms. The van der Waals surface area contributed by atoms with Crippen molar-refractivity contribution < 1.29 is 0 Å². The Balaban J connectivity index is 1.55. The highest BCUT2D eigenvalue weighted by Crippen LogP contribution is 2.32. The number of benzene rings is 4. The Bertz CT molecular complexity index is 1240. The van der Waals surface area contributed by atoms with Crippen LogP contribution in [-0.4, -0.2) is 4.98 Å². The average molecular weight is 349 g/mol. The van der Waals surface area contributed by atoms with Gasteiger partial charge in [-0.3, -0.25) is 0 Å². The molecular formula is C26H23N. The van der Waals surface area contributed by atoms with E-state index in [1.165, 1.54) is 43.7 Å². The number of rotatable bonds is 4. The van der Waals surface area contributed by atoms with Gasteiger partial charge in [-0.1, -0.05) is 79.7 Å². The maximum atomic E-state index is 3.58. The molecule has 1 atom stereocenters. The highest BCUT2D eigenvalue weighted by Gasteiger charge is 2.14. The van der Waals surface area contributed by atoms with Crippen molar-refractivity contribution in [3.05, 3.63) is 96.1 Å². The smallest absolute Gasteiger partial charge is 0.0467 e. The molecule has 1 unspecified atom stereocenters. The average Bonchev–Trinajstić information content (AvgIpc) is 3.09. The minimum Gasteiger partial charge on any atom is -0.355 e. The maximum absolute atomic E-state index is 3.58. The fourth-order valence-electron chi connectivity index (χ4n) is 4.39. The minimum atomic E-state index is 0.526. The first-order valence-electron chi connectivity index (χ1n) is 9.80. The Morgan fingerprint density at radius 1 is 0.704 bits per heavy atom. The van der Waals surface area contributed by atoms with E-state index in [2.05, 4.69) is 96.8 Å². The zero-order valence-electron chi connectivity index (χ0n) is 15.6. The molecule has 132 valence electrons. The molecule has 0 saturated carbocycles. The van der Waals surface area contributed by atoms with Crippen LogP contribution in [-0.2, 0) is 6.42 Å². The van der Waals surface area contributed by atoms with Gasteiger partial charge in [0.2, 0.25) is 0 Å². The van der Waals surface area contributed by atoms with E-state index in [-0.39, 0.29) is 0 Å². The third-order valence-corrected chi connectivity index (χ3v) is 5.81. The summed E-state index contributed by atoms with van der Waals surface area (Å²) < 4.78 is 0. The van der Waals surface area contributed by atoms with E-state index < -0.39 is 0 Å². The van der Waals surface area contributed by atoms with Crippen LogP contribution in [0, 0.1) is 0 Å². The largest absolute Gasteiger partial charge is 0.355 e. The third-order valence-electron chi connectivity index (χ3n) is 5.81. The topological polar surface area (TPSA) is 15.8 Å². The summed E-state index contributed by atoms with van der Waals surface area (Å²) in [5, 5.41) is 5.34. The zero-order valence-corrected chi connectivity index (χ0v) is 15.6. The molecule has 0 bridgehead atoms. The van der Waals surface area contributed by atoms with Crippen LogP contribution in [0.15, 0.2) is 84.9 Å². The van der Waals surface area contributed by atoms with Crippen molar-refractivity contribution in [1.82, 2.24) is 4.98 Å². The van der Waals surface area contributed by atoms with E-state index in [0.717, 1.165) is 12.8 Å². The third kappa shape index (κ3) is 2.80. The molecule has 1 nitrogen and oxygen atoms in total. The van der Waals surface area contributed by atoms with E-state index >= 15 is 0 Å². The lowest BCUT2D eigenvalue weighted by atomic mass is 9.86. The molecular weight excluding hydrogens is 326 g/mol. The van der Waals surface area contributed by atoms with Crippen molar-refractivity contribution in [2.45, 2.75) is 25.7 Å². The number of aromatic nitrogens is 1. The Morgan fingerprint density at radius 2 is 1.44 bits per heavy atom. The first-order chi connectivity index (χ1) is 13.3. The standard InChI is InChI=1S/C26H23N/c1-2-19(21-12-7-9-20-8-3-4-10-22(20)21)16-18-14-15-24-23-11-5-6-13-25(23)27-26(24)17-18/h3-15,17,19,27H,2,16H2,1H3. The summed E-state index contributed by atoms with van der Waals surface area (Å²) >= 11 is 0. The second-order valence-corrected chi connectivity index (χ2v) is 7.43. The lowest BCUT2D eigenvalue weighted by molar-refractivity contribution is 0.665. The molecule has 0 aliphatic carbocycles. The maximum Gasteiger partial charge on any atom is 0.0467 e. The molecule has 1 N–H and O–H groups in total. The molecule has 0 spiro atoms. The van der Waals surface area contributed by atoms with Crippen molar-refractivity contribution in [1.29, 1.82) is 0 Å². The number of para-hydroxylation sites is 1. The Hall–Kier alpha value is -3.06. The fourth-order valence-corrected chi connectivity index (χ4v) is 4.39. The van der Waals surface area contributed by atoms with E-state index in [1.54, 1.807) is 0 Å². The molecule has 27 heavy (non-hydrogen) atoms.